The molecule has 136 valence electrons. The van der Waals surface area contributed by atoms with Gasteiger partial charge in [0, 0.05) is 37.5 Å². The van der Waals surface area contributed by atoms with Crippen molar-refractivity contribution in [3.63, 3.8) is 0 Å². The second-order valence-corrected chi connectivity index (χ2v) is 6.83. The van der Waals surface area contributed by atoms with E-state index in [1.807, 2.05) is 17.0 Å². The molecule has 2 fully saturated rings. The van der Waals surface area contributed by atoms with E-state index >= 15 is 0 Å². The van der Waals surface area contributed by atoms with Crippen molar-refractivity contribution in [2.45, 2.75) is 38.1 Å². The number of carbonyl (C=O) groups excluding carboxylic acids is 2. The first-order valence-electron chi connectivity index (χ1n) is 8.98. The third-order valence-electron chi connectivity index (χ3n) is 5.00. The molecule has 0 aromatic heterocycles. The van der Waals surface area contributed by atoms with Gasteiger partial charge in [0.1, 0.15) is 11.5 Å². The Labute approximate surface area is 148 Å². The van der Waals surface area contributed by atoms with Gasteiger partial charge in [0.25, 0.3) is 5.91 Å². The minimum atomic E-state index is -0.172. The fourth-order valence-electron chi connectivity index (χ4n) is 3.66. The SMILES string of the molecule is COc1cccc(OCC(=O)NCC2CC(=O)N(C3CCCC3)C2)c1. The summed E-state index contributed by atoms with van der Waals surface area (Å²) < 4.78 is 10.6. The minimum Gasteiger partial charge on any atom is -0.497 e. The predicted octanol–water partition coefficient (Wildman–Crippen LogP) is 1.98. The lowest BCUT2D eigenvalue weighted by Gasteiger charge is -2.24. The van der Waals surface area contributed by atoms with Crippen LogP contribution in [0.15, 0.2) is 24.3 Å². The zero-order valence-electron chi connectivity index (χ0n) is 14.7. The summed E-state index contributed by atoms with van der Waals surface area (Å²) in [5.74, 6) is 1.55. The molecule has 1 aliphatic carbocycles. The van der Waals surface area contributed by atoms with E-state index in [0.29, 0.717) is 30.5 Å². The number of benzene rings is 1. The van der Waals surface area contributed by atoms with Crippen molar-refractivity contribution in [2.24, 2.45) is 5.92 Å². The van der Waals surface area contributed by atoms with Crippen LogP contribution in [0.4, 0.5) is 0 Å². The summed E-state index contributed by atoms with van der Waals surface area (Å²) in [4.78, 5) is 26.2. The molecule has 2 amide bonds. The van der Waals surface area contributed by atoms with Crippen LogP contribution in [0.25, 0.3) is 0 Å². The third kappa shape index (κ3) is 4.65. The van der Waals surface area contributed by atoms with Gasteiger partial charge in [-0.2, -0.15) is 0 Å². The maximum atomic E-state index is 12.2. The van der Waals surface area contributed by atoms with Gasteiger partial charge >= 0.3 is 0 Å². The molecule has 1 saturated heterocycles. The maximum absolute atomic E-state index is 12.2. The van der Waals surface area contributed by atoms with Gasteiger partial charge in [0.15, 0.2) is 6.61 Å². The summed E-state index contributed by atoms with van der Waals surface area (Å²) in [6.07, 6.45) is 5.22. The van der Waals surface area contributed by atoms with Crippen molar-refractivity contribution < 1.29 is 19.1 Å². The molecule has 6 heteroatoms. The number of likely N-dealkylation sites (tertiary alicyclic amines) is 1. The maximum Gasteiger partial charge on any atom is 0.257 e. The van der Waals surface area contributed by atoms with Gasteiger partial charge in [-0.05, 0) is 25.0 Å². The third-order valence-corrected chi connectivity index (χ3v) is 5.00. The summed E-state index contributed by atoms with van der Waals surface area (Å²) in [6.45, 7) is 1.25. The lowest BCUT2D eigenvalue weighted by molar-refractivity contribution is -0.129. The lowest BCUT2D eigenvalue weighted by Crippen LogP contribution is -2.36. The molecule has 1 unspecified atom stereocenters. The minimum absolute atomic E-state index is 0.0415. The molecule has 2 aliphatic rings. The zero-order valence-corrected chi connectivity index (χ0v) is 14.7. The van der Waals surface area contributed by atoms with Crippen LogP contribution in [-0.4, -0.2) is 49.6 Å². The Bertz CT molecular complexity index is 613. The molecule has 0 spiro atoms. The molecular weight excluding hydrogens is 320 g/mol. The first kappa shape index (κ1) is 17.6. The van der Waals surface area contributed by atoms with Crippen LogP contribution in [0, 0.1) is 5.92 Å². The molecule has 1 aliphatic heterocycles. The van der Waals surface area contributed by atoms with Gasteiger partial charge < -0.3 is 19.7 Å². The number of nitrogens with one attached hydrogen (secondary N) is 1. The van der Waals surface area contributed by atoms with Gasteiger partial charge in [-0.3, -0.25) is 9.59 Å². The average Bonchev–Trinajstić information content (AvgIpc) is 3.27. The summed E-state index contributed by atoms with van der Waals surface area (Å²) in [7, 11) is 1.59. The molecular formula is C19H26N2O4. The molecule has 6 nitrogen and oxygen atoms in total. The molecule has 1 aromatic carbocycles. The highest BCUT2D eigenvalue weighted by Gasteiger charge is 2.35. The average molecular weight is 346 g/mol. The van der Waals surface area contributed by atoms with Crippen molar-refractivity contribution in [3.8, 4) is 11.5 Å². The Balaban J connectivity index is 1.39. The molecule has 25 heavy (non-hydrogen) atoms. The Kier molecular flexibility index (Phi) is 5.79. The van der Waals surface area contributed by atoms with Crippen LogP contribution in [0.1, 0.15) is 32.1 Å². The standard InChI is InChI=1S/C19H26N2O4/c1-24-16-7-4-8-17(10-16)25-13-18(22)20-11-14-9-19(23)21(12-14)15-5-2-3-6-15/h4,7-8,10,14-15H,2-3,5-6,9,11-13H2,1H3,(H,20,22). The van der Waals surface area contributed by atoms with Gasteiger partial charge in [-0.15, -0.1) is 0 Å². The molecule has 0 bridgehead atoms. The van der Waals surface area contributed by atoms with Crippen molar-refractivity contribution in [1.82, 2.24) is 10.2 Å². The van der Waals surface area contributed by atoms with Gasteiger partial charge in [0.2, 0.25) is 5.91 Å². The van der Waals surface area contributed by atoms with Crippen LogP contribution < -0.4 is 14.8 Å². The molecule has 1 N–H and O–H groups in total. The first-order valence-corrected chi connectivity index (χ1v) is 8.98. The van der Waals surface area contributed by atoms with E-state index < -0.39 is 0 Å². The van der Waals surface area contributed by atoms with E-state index in [9.17, 15) is 9.59 Å². The Morgan fingerprint density at radius 3 is 2.80 bits per heavy atom. The van der Waals surface area contributed by atoms with Gasteiger partial charge in [-0.1, -0.05) is 18.9 Å². The van der Waals surface area contributed by atoms with Crippen molar-refractivity contribution in [2.75, 3.05) is 26.8 Å². The number of hydrogen-bond acceptors (Lipinski definition) is 4. The van der Waals surface area contributed by atoms with E-state index in [2.05, 4.69) is 5.32 Å². The highest BCUT2D eigenvalue weighted by molar-refractivity contribution is 5.80. The largest absolute Gasteiger partial charge is 0.497 e. The smallest absolute Gasteiger partial charge is 0.257 e. The monoisotopic (exact) mass is 346 g/mol. The van der Waals surface area contributed by atoms with Gasteiger partial charge in [-0.25, -0.2) is 0 Å². The van der Waals surface area contributed by atoms with E-state index in [1.165, 1.54) is 12.8 Å². The number of rotatable bonds is 7. The van der Waals surface area contributed by atoms with Crippen LogP contribution in [0.3, 0.4) is 0 Å². The van der Waals surface area contributed by atoms with Crippen LogP contribution in [-0.2, 0) is 9.59 Å². The fourth-order valence-corrected chi connectivity index (χ4v) is 3.66. The second kappa shape index (κ2) is 8.23. The highest BCUT2D eigenvalue weighted by atomic mass is 16.5. The molecule has 1 aromatic rings. The van der Waals surface area contributed by atoms with Crippen molar-refractivity contribution in [3.05, 3.63) is 24.3 Å². The van der Waals surface area contributed by atoms with E-state index in [0.717, 1.165) is 19.4 Å². The topological polar surface area (TPSA) is 67.9 Å². The molecule has 1 atom stereocenters. The lowest BCUT2D eigenvalue weighted by atomic mass is 10.1. The molecule has 1 heterocycles. The number of methoxy groups -OCH3 is 1. The number of nitrogens with zero attached hydrogens (tertiary/aromatic N) is 1. The Morgan fingerprint density at radius 1 is 1.28 bits per heavy atom. The first-order chi connectivity index (χ1) is 12.2. The van der Waals surface area contributed by atoms with Crippen molar-refractivity contribution in [1.29, 1.82) is 0 Å². The van der Waals surface area contributed by atoms with Gasteiger partial charge in [0.05, 0.1) is 7.11 Å². The molecule has 0 radical (unpaired) electrons. The van der Waals surface area contributed by atoms with Crippen molar-refractivity contribution >= 4 is 11.8 Å². The van der Waals surface area contributed by atoms with Crippen LogP contribution >= 0.6 is 0 Å². The number of carbonyl (C=O) groups is 2. The van der Waals surface area contributed by atoms with E-state index in [4.69, 9.17) is 9.47 Å². The number of ether oxygens (including phenoxy) is 2. The number of amides is 2. The Hall–Kier alpha value is -2.24. The molecule has 1 saturated carbocycles. The summed E-state index contributed by atoms with van der Waals surface area (Å²) in [5, 5.41) is 2.88. The quantitative estimate of drug-likeness (QED) is 0.820. The summed E-state index contributed by atoms with van der Waals surface area (Å²) in [5.41, 5.74) is 0. The highest BCUT2D eigenvalue weighted by Crippen LogP contribution is 2.29. The predicted molar refractivity (Wildman–Crippen MR) is 93.6 cm³/mol. The number of hydrogen-bond donors (Lipinski definition) is 1. The van der Waals surface area contributed by atoms with Crippen LogP contribution in [0.2, 0.25) is 0 Å². The van der Waals surface area contributed by atoms with Crippen LogP contribution in [0.5, 0.6) is 11.5 Å². The fraction of sp³-hybridized carbons (Fsp3) is 0.579. The molecule has 3 rings (SSSR count). The van der Waals surface area contributed by atoms with E-state index in [-0.39, 0.29) is 24.3 Å². The zero-order chi connectivity index (χ0) is 17.6. The van der Waals surface area contributed by atoms with E-state index in [1.54, 1.807) is 19.2 Å². The normalized spacial score (nSPS) is 20.8. The Morgan fingerprint density at radius 2 is 2.04 bits per heavy atom. The summed E-state index contributed by atoms with van der Waals surface area (Å²) >= 11 is 0. The summed E-state index contributed by atoms with van der Waals surface area (Å²) in [6, 6.07) is 7.57. The second-order valence-electron chi connectivity index (χ2n) is 6.83.